The maximum Gasteiger partial charge on any atom is 0.280 e. The van der Waals surface area contributed by atoms with Crippen molar-refractivity contribution in [2.45, 2.75) is 25.4 Å². The van der Waals surface area contributed by atoms with Crippen LogP contribution >= 0.6 is 11.6 Å². The summed E-state index contributed by atoms with van der Waals surface area (Å²) in [6.07, 6.45) is 0.520. The van der Waals surface area contributed by atoms with Gasteiger partial charge >= 0.3 is 0 Å². The summed E-state index contributed by atoms with van der Waals surface area (Å²) >= 11 is 5.99. The fraction of sp³-hybridized carbons (Fsp3) is 0.350. The first-order valence-corrected chi connectivity index (χ1v) is 11.4. The molecule has 3 N–H and O–H groups in total. The highest BCUT2D eigenvalue weighted by atomic mass is 35.5. The van der Waals surface area contributed by atoms with Crippen molar-refractivity contribution in [2.24, 2.45) is 0 Å². The molecule has 2 aromatic rings. The van der Waals surface area contributed by atoms with E-state index in [-0.39, 0.29) is 12.6 Å². The fourth-order valence-corrected chi connectivity index (χ4v) is 5.21. The first-order chi connectivity index (χ1) is 14.3. The third kappa shape index (κ3) is 5.50. The first-order valence-electron chi connectivity index (χ1n) is 9.57. The van der Waals surface area contributed by atoms with E-state index >= 15 is 0 Å². The Morgan fingerprint density at radius 1 is 1.17 bits per heavy atom. The summed E-state index contributed by atoms with van der Waals surface area (Å²) in [5.74, 6) is -0.821. The average molecular weight is 453 g/mol. The maximum absolute atomic E-state index is 13.0. The molecular formula is C20H25ClN4O4S. The van der Waals surface area contributed by atoms with E-state index in [0.717, 1.165) is 11.3 Å². The molecule has 8 nitrogen and oxygen atoms in total. The van der Waals surface area contributed by atoms with E-state index in [2.05, 4.69) is 9.62 Å². The SMILES string of the molecule is C[C@@H](NS(=O)(=O)N1CCN(c2ccc(Cl)cc2)CC1Cc1ccccc1)C(=O)NO. The second-order valence-electron chi connectivity index (χ2n) is 7.20. The molecule has 0 radical (unpaired) electrons. The van der Waals surface area contributed by atoms with Gasteiger partial charge in [-0.15, -0.1) is 0 Å². The molecule has 0 aromatic heterocycles. The number of carbonyl (C=O) groups is 1. The molecular weight excluding hydrogens is 428 g/mol. The zero-order chi connectivity index (χ0) is 21.7. The highest BCUT2D eigenvalue weighted by Gasteiger charge is 2.36. The number of piperazine rings is 1. The van der Waals surface area contributed by atoms with Gasteiger partial charge in [0.2, 0.25) is 0 Å². The normalized spacial score (nSPS) is 18.8. The van der Waals surface area contributed by atoms with Crippen molar-refractivity contribution in [1.82, 2.24) is 14.5 Å². The van der Waals surface area contributed by atoms with Gasteiger partial charge in [-0.05, 0) is 43.2 Å². The second kappa shape index (κ2) is 9.76. The van der Waals surface area contributed by atoms with Crippen molar-refractivity contribution >= 4 is 33.4 Å². The van der Waals surface area contributed by atoms with Crippen LogP contribution in [0.1, 0.15) is 12.5 Å². The second-order valence-corrected chi connectivity index (χ2v) is 9.29. The summed E-state index contributed by atoms with van der Waals surface area (Å²) in [6.45, 7) is 2.61. The number of rotatable bonds is 7. The Kier molecular flexibility index (Phi) is 7.32. The van der Waals surface area contributed by atoms with Crippen molar-refractivity contribution in [1.29, 1.82) is 0 Å². The standard InChI is InChI=1S/C20H25ClN4O4S/c1-15(20(26)22-27)23-30(28,29)25-12-11-24(18-9-7-17(21)8-10-18)14-19(25)13-16-5-3-2-4-6-16/h2-10,15,19,23,27H,11-14H2,1H3,(H,22,26)/t15-,19?/m1/s1. The molecule has 30 heavy (non-hydrogen) atoms. The topological polar surface area (TPSA) is 102 Å². The molecule has 1 unspecified atom stereocenters. The van der Waals surface area contributed by atoms with Crippen molar-refractivity contribution in [3.8, 4) is 0 Å². The van der Waals surface area contributed by atoms with Crippen LogP contribution in [0.4, 0.5) is 5.69 Å². The quantitative estimate of drug-likeness (QED) is 0.439. The summed E-state index contributed by atoms with van der Waals surface area (Å²) in [5.41, 5.74) is 3.45. The van der Waals surface area contributed by atoms with Crippen LogP contribution in [0.25, 0.3) is 0 Å². The number of hydrogen-bond acceptors (Lipinski definition) is 5. The van der Waals surface area contributed by atoms with Gasteiger partial charge in [-0.2, -0.15) is 17.4 Å². The lowest BCUT2D eigenvalue weighted by molar-refractivity contribution is -0.130. The molecule has 162 valence electrons. The lowest BCUT2D eigenvalue weighted by atomic mass is 10.0. The fourth-order valence-electron chi connectivity index (χ4n) is 3.54. The number of carbonyl (C=O) groups excluding carboxylic acids is 1. The molecule has 1 heterocycles. The van der Waals surface area contributed by atoms with Crippen LogP contribution in [0.3, 0.4) is 0 Å². The molecule has 1 saturated heterocycles. The van der Waals surface area contributed by atoms with E-state index in [1.54, 1.807) is 0 Å². The van der Waals surface area contributed by atoms with Gasteiger partial charge in [0.15, 0.2) is 0 Å². The zero-order valence-electron chi connectivity index (χ0n) is 16.5. The van der Waals surface area contributed by atoms with E-state index in [4.69, 9.17) is 16.8 Å². The number of nitrogens with one attached hydrogen (secondary N) is 2. The number of nitrogens with zero attached hydrogens (tertiary/aromatic N) is 2. The summed E-state index contributed by atoms with van der Waals surface area (Å²) < 4.78 is 29.8. The van der Waals surface area contributed by atoms with Crippen molar-refractivity contribution < 1.29 is 18.4 Å². The number of anilines is 1. The maximum atomic E-state index is 13.0. The Hall–Kier alpha value is -2.17. The lowest BCUT2D eigenvalue weighted by Gasteiger charge is -2.42. The predicted molar refractivity (Wildman–Crippen MR) is 116 cm³/mol. The van der Waals surface area contributed by atoms with Gasteiger partial charge in [-0.1, -0.05) is 41.9 Å². The molecule has 0 bridgehead atoms. The van der Waals surface area contributed by atoms with Gasteiger partial charge in [0.05, 0.1) is 0 Å². The Labute approximate surface area is 181 Å². The Morgan fingerprint density at radius 2 is 1.83 bits per heavy atom. The minimum Gasteiger partial charge on any atom is -0.369 e. The molecule has 0 saturated carbocycles. The summed E-state index contributed by atoms with van der Waals surface area (Å²) in [7, 11) is -3.96. The molecule has 1 aliphatic rings. The van der Waals surface area contributed by atoms with Crippen LogP contribution in [-0.2, 0) is 21.4 Å². The van der Waals surface area contributed by atoms with Crippen LogP contribution in [-0.4, -0.2) is 55.6 Å². The Balaban J connectivity index is 1.84. The summed E-state index contributed by atoms with van der Waals surface area (Å²) in [5, 5.41) is 9.42. The van der Waals surface area contributed by atoms with E-state index in [0.29, 0.717) is 24.5 Å². The number of hydroxylamine groups is 1. The molecule has 0 spiro atoms. The molecule has 2 aromatic carbocycles. The molecule has 1 amide bonds. The summed E-state index contributed by atoms with van der Waals surface area (Å²) in [4.78, 5) is 13.7. The number of halogens is 1. The molecule has 1 aliphatic heterocycles. The van der Waals surface area contributed by atoms with Gasteiger partial charge in [0, 0.05) is 36.4 Å². The minimum absolute atomic E-state index is 0.253. The molecule has 10 heteroatoms. The van der Waals surface area contributed by atoms with E-state index in [1.807, 2.05) is 54.6 Å². The van der Waals surface area contributed by atoms with Gasteiger partial charge < -0.3 is 4.90 Å². The zero-order valence-corrected chi connectivity index (χ0v) is 18.1. The van der Waals surface area contributed by atoms with Crippen molar-refractivity contribution in [2.75, 3.05) is 24.5 Å². The van der Waals surface area contributed by atoms with Gasteiger partial charge in [0.1, 0.15) is 6.04 Å². The van der Waals surface area contributed by atoms with Gasteiger partial charge in [-0.25, -0.2) is 5.48 Å². The molecule has 0 aliphatic carbocycles. The van der Waals surface area contributed by atoms with Crippen LogP contribution in [0, 0.1) is 0 Å². The molecule has 1 fully saturated rings. The van der Waals surface area contributed by atoms with Crippen LogP contribution in [0.5, 0.6) is 0 Å². The van der Waals surface area contributed by atoms with E-state index in [1.165, 1.54) is 16.7 Å². The molecule has 2 atom stereocenters. The highest BCUT2D eigenvalue weighted by molar-refractivity contribution is 7.87. The van der Waals surface area contributed by atoms with E-state index in [9.17, 15) is 13.2 Å². The average Bonchev–Trinajstić information content (AvgIpc) is 2.74. The third-order valence-electron chi connectivity index (χ3n) is 5.07. The summed E-state index contributed by atoms with van der Waals surface area (Å²) in [6, 6.07) is 15.7. The van der Waals surface area contributed by atoms with Crippen LogP contribution in [0.15, 0.2) is 54.6 Å². The third-order valence-corrected chi connectivity index (χ3v) is 7.07. The lowest BCUT2D eigenvalue weighted by Crippen LogP contribution is -2.60. The largest absolute Gasteiger partial charge is 0.369 e. The number of amides is 1. The Morgan fingerprint density at radius 3 is 2.47 bits per heavy atom. The molecule has 3 rings (SSSR count). The Bertz CT molecular complexity index is 957. The van der Waals surface area contributed by atoms with Gasteiger partial charge in [-0.3, -0.25) is 10.0 Å². The smallest absolute Gasteiger partial charge is 0.280 e. The monoisotopic (exact) mass is 452 g/mol. The highest BCUT2D eigenvalue weighted by Crippen LogP contribution is 2.24. The van der Waals surface area contributed by atoms with Crippen molar-refractivity contribution in [3.05, 3.63) is 65.2 Å². The predicted octanol–water partition coefficient (Wildman–Crippen LogP) is 1.80. The number of hydrogen-bond donors (Lipinski definition) is 3. The van der Waals surface area contributed by atoms with Crippen molar-refractivity contribution in [3.63, 3.8) is 0 Å². The minimum atomic E-state index is -3.96. The van der Waals surface area contributed by atoms with Crippen LogP contribution < -0.4 is 15.1 Å². The van der Waals surface area contributed by atoms with Gasteiger partial charge in [0.25, 0.3) is 16.1 Å². The number of benzene rings is 2. The van der Waals surface area contributed by atoms with E-state index < -0.39 is 22.2 Å². The van der Waals surface area contributed by atoms with Crippen LogP contribution in [0.2, 0.25) is 5.02 Å². The first kappa shape index (κ1) is 22.5.